The number of methoxy groups -OCH3 is 1. The van der Waals surface area contributed by atoms with E-state index in [1.807, 2.05) is 13.8 Å². The van der Waals surface area contributed by atoms with Crippen molar-refractivity contribution in [1.82, 2.24) is 14.9 Å². The third-order valence-corrected chi connectivity index (χ3v) is 5.93. The molecule has 9 heteroatoms. The summed E-state index contributed by atoms with van der Waals surface area (Å²) >= 11 is 0. The van der Waals surface area contributed by atoms with Gasteiger partial charge in [0.05, 0.1) is 17.4 Å². The number of ether oxygens (including phenoxy) is 1. The van der Waals surface area contributed by atoms with Crippen molar-refractivity contribution in [1.29, 1.82) is 0 Å². The van der Waals surface area contributed by atoms with Gasteiger partial charge in [-0.1, -0.05) is 12.1 Å². The maximum absolute atomic E-state index is 12.3. The Labute approximate surface area is 160 Å². The van der Waals surface area contributed by atoms with Gasteiger partial charge < -0.3 is 15.0 Å². The van der Waals surface area contributed by atoms with Crippen LogP contribution < -0.4 is 10.0 Å². The molecule has 2 amide bonds. The van der Waals surface area contributed by atoms with Crippen LogP contribution >= 0.6 is 0 Å². The topological polar surface area (TPSA) is 105 Å². The average Bonchev–Trinajstić information content (AvgIpc) is 3.02. The van der Waals surface area contributed by atoms with Gasteiger partial charge in [-0.15, -0.1) is 0 Å². The molecular weight excluding hydrogens is 370 g/mol. The molecule has 0 radical (unpaired) electrons. The molecule has 0 spiro atoms. The lowest BCUT2D eigenvalue weighted by molar-refractivity contribution is -0.130. The van der Waals surface area contributed by atoms with Crippen molar-refractivity contribution < 1.29 is 22.7 Å². The molecular formula is C18H27N3O5S. The number of amides is 2. The molecule has 2 rings (SSSR count). The summed E-state index contributed by atoms with van der Waals surface area (Å²) in [5.41, 5.74) is 0.782. The van der Waals surface area contributed by atoms with Crippen LogP contribution in [0.4, 0.5) is 0 Å². The summed E-state index contributed by atoms with van der Waals surface area (Å²) in [5, 5.41) is 2.82. The molecule has 0 aromatic heterocycles. The number of likely N-dealkylation sites (tertiary alicyclic amines) is 1. The summed E-state index contributed by atoms with van der Waals surface area (Å²) in [6, 6.07) is 6.39. The summed E-state index contributed by atoms with van der Waals surface area (Å²) in [6.07, 6.45) is 0.230. The van der Waals surface area contributed by atoms with Crippen LogP contribution in [0.1, 0.15) is 25.8 Å². The largest absolute Gasteiger partial charge is 0.383 e. The lowest BCUT2D eigenvalue weighted by Gasteiger charge is -2.20. The third-order valence-electron chi connectivity index (χ3n) is 4.45. The molecule has 1 fully saturated rings. The van der Waals surface area contributed by atoms with Crippen molar-refractivity contribution in [3.05, 3.63) is 29.8 Å². The zero-order valence-corrected chi connectivity index (χ0v) is 16.7. The van der Waals surface area contributed by atoms with Crippen LogP contribution in [0, 0.1) is 5.92 Å². The van der Waals surface area contributed by atoms with E-state index >= 15 is 0 Å². The Balaban J connectivity index is 1.88. The van der Waals surface area contributed by atoms with Crippen LogP contribution in [-0.2, 0) is 30.9 Å². The monoisotopic (exact) mass is 397 g/mol. The molecule has 0 saturated carbocycles. The van der Waals surface area contributed by atoms with Crippen LogP contribution in [0.25, 0.3) is 0 Å². The van der Waals surface area contributed by atoms with Crippen LogP contribution in [0.5, 0.6) is 0 Å². The highest BCUT2D eigenvalue weighted by molar-refractivity contribution is 7.89. The Bertz CT molecular complexity index is 762. The van der Waals surface area contributed by atoms with Crippen molar-refractivity contribution in [2.24, 2.45) is 5.92 Å². The van der Waals surface area contributed by atoms with Gasteiger partial charge in [0, 0.05) is 39.2 Å². The lowest BCUT2D eigenvalue weighted by Crippen LogP contribution is -2.35. The molecule has 1 saturated heterocycles. The van der Waals surface area contributed by atoms with Gasteiger partial charge in [-0.25, -0.2) is 13.1 Å². The smallest absolute Gasteiger partial charge is 0.240 e. The minimum atomic E-state index is -3.57. The Hall–Kier alpha value is -1.97. The standard InChI is InChI=1S/C18H27N3O5S/c1-13(2)21-12-15(10-17(21)22)18(23)19-11-14-4-6-16(7-5-14)27(24,25)20-8-9-26-3/h4-7,13,15,20H,8-12H2,1-3H3,(H,19,23). The van der Waals surface area contributed by atoms with E-state index in [1.165, 1.54) is 19.2 Å². The summed E-state index contributed by atoms with van der Waals surface area (Å²) in [4.78, 5) is 26.1. The van der Waals surface area contributed by atoms with E-state index in [0.29, 0.717) is 13.2 Å². The molecule has 1 aromatic carbocycles. The summed E-state index contributed by atoms with van der Waals surface area (Å²) in [5.74, 6) is -0.505. The Morgan fingerprint density at radius 2 is 1.96 bits per heavy atom. The van der Waals surface area contributed by atoms with E-state index in [0.717, 1.165) is 5.56 Å². The van der Waals surface area contributed by atoms with Crippen molar-refractivity contribution >= 4 is 21.8 Å². The minimum Gasteiger partial charge on any atom is -0.383 e. The van der Waals surface area contributed by atoms with Crippen molar-refractivity contribution in [3.8, 4) is 0 Å². The molecule has 27 heavy (non-hydrogen) atoms. The van der Waals surface area contributed by atoms with Gasteiger partial charge in [0.2, 0.25) is 21.8 Å². The van der Waals surface area contributed by atoms with E-state index in [1.54, 1.807) is 17.0 Å². The first-order chi connectivity index (χ1) is 12.7. The zero-order chi connectivity index (χ0) is 20.0. The van der Waals surface area contributed by atoms with Gasteiger partial charge in [-0.05, 0) is 31.5 Å². The normalized spacial score (nSPS) is 17.6. The van der Waals surface area contributed by atoms with Crippen LogP contribution in [-0.4, -0.2) is 58.0 Å². The molecule has 1 aromatic rings. The minimum absolute atomic E-state index is 0.000632. The molecule has 0 aliphatic carbocycles. The lowest BCUT2D eigenvalue weighted by atomic mass is 10.1. The van der Waals surface area contributed by atoms with Crippen LogP contribution in [0.2, 0.25) is 0 Å². The zero-order valence-electron chi connectivity index (χ0n) is 15.9. The quantitative estimate of drug-likeness (QED) is 0.590. The second kappa shape index (κ2) is 9.29. The second-order valence-electron chi connectivity index (χ2n) is 6.79. The highest BCUT2D eigenvalue weighted by Gasteiger charge is 2.35. The van der Waals surface area contributed by atoms with E-state index in [9.17, 15) is 18.0 Å². The van der Waals surface area contributed by atoms with E-state index in [4.69, 9.17) is 4.74 Å². The number of sulfonamides is 1. The van der Waals surface area contributed by atoms with Gasteiger partial charge >= 0.3 is 0 Å². The van der Waals surface area contributed by atoms with Gasteiger partial charge in [-0.2, -0.15) is 0 Å². The predicted octanol–water partition coefficient (Wildman–Crippen LogP) is 0.484. The first-order valence-electron chi connectivity index (χ1n) is 8.89. The molecule has 0 bridgehead atoms. The number of hydrogen-bond donors (Lipinski definition) is 2. The predicted molar refractivity (Wildman–Crippen MR) is 100 cm³/mol. The van der Waals surface area contributed by atoms with Crippen LogP contribution in [0.3, 0.4) is 0 Å². The van der Waals surface area contributed by atoms with Crippen molar-refractivity contribution in [2.75, 3.05) is 26.8 Å². The van der Waals surface area contributed by atoms with Gasteiger partial charge in [0.15, 0.2) is 0 Å². The van der Waals surface area contributed by atoms with Gasteiger partial charge in [0.25, 0.3) is 0 Å². The molecule has 1 heterocycles. The molecule has 8 nitrogen and oxygen atoms in total. The molecule has 1 aliphatic heterocycles. The number of hydrogen-bond acceptors (Lipinski definition) is 5. The number of benzene rings is 1. The fourth-order valence-corrected chi connectivity index (χ4v) is 3.90. The summed E-state index contributed by atoms with van der Waals surface area (Å²) in [7, 11) is -2.08. The highest BCUT2D eigenvalue weighted by Crippen LogP contribution is 2.20. The number of nitrogens with zero attached hydrogens (tertiary/aromatic N) is 1. The van der Waals surface area contributed by atoms with Crippen molar-refractivity contribution in [3.63, 3.8) is 0 Å². The Morgan fingerprint density at radius 3 is 2.52 bits per heavy atom. The Kier molecular flexibility index (Phi) is 7.34. The maximum Gasteiger partial charge on any atom is 0.240 e. The fraction of sp³-hybridized carbons (Fsp3) is 0.556. The van der Waals surface area contributed by atoms with E-state index < -0.39 is 10.0 Å². The SMILES string of the molecule is COCCNS(=O)(=O)c1ccc(CNC(=O)C2CC(=O)N(C(C)C)C2)cc1. The molecule has 1 atom stereocenters. The third kappa shape index (κ3) is 5.75. The van der Waals surface area contributed by atoms with E-state index in [2.05, 4.69) is 10.0 Å². The first-order valence-corrected chi connectivity index (χ1v) is 10.4. The molecule has 150 valence electrons. The average molecular weight is 397 g/mol. The molecule has 1 aliphatic rings. The molecule has 1 unspecified atom stereocenters. The summed E-state index contributed by atoms with van der Waals surface area (Å²) < 4.78 is 31.5. The number of rotatable bonds is 9. The maximum atomic E-state index is 12.3. The number of carbonyl (C=O) groups is 2. The van der Waals surface area contributed by atoms with E-state index in [-0.39, 0.29) is 48.2 Å². The second-order valence-corrected chi connectivity index (χ2v) is 8.56. The van der Waals surface area contributed by atoms with Gasteiger partial charge in [0.1, 0.15) is 0 Å². The molecule has 2 N–H and O–H groups in total. The number of nitrogens with one attached hydrogen (secondary N) is 2. The summed E-state index contributed by atoms with van der Waals surface area (Å²) in [6.45, 7) is 5.07. The fourth-order valence-electron chi connectivity index (χ4n) is 2.89. The Morgan fingerprint density at radius 1 is 1.30 bits per heavy atom. The highest BCUT2D eigenvalue weighted by atomic mass is 32.2. The van der Waals surface area contributed by atoms with Crippen LogP contribution in [0.15, 0.2) is 29.2 Å². The number of carbonyl (C=O) groups excluding carboxylic acids is 2. The first kappa shape index (κ1) is 21.3. The van der Waals surface area contributed by atoms with Gasteiger partial charge in [-0.3, -0.25) is 9.59 Å². The van der Waals surface area contributed by atoms with Crippen molar-refractivity contribution in [2.45, 2.75) is 37.8 Å².